The Morgan fingerprint density at radius 1 is 0.842 bits per heavy atom. The van der Waals surface area contributed by atoms with Crippen LogP contribution in [-0.2, 0) is 22.6 Å². The second kappa shape index (κ2) is 18.7. The van der Waals surface area contributed by atoms with E-state index < -0.39 is 11.9 Å². The highest BCUT2D eigenvalue weighted by Gasteiger charge is 2.29. The number of methoxy groups -OCH3 is 2. The molecule has 6 aromatic rings. The number of imidazole rings is 2. The molecule has 0 saturated heterocycles. The number of aliphatic hydroxyl groups is 1. The van der Waals surface area contributed by atoms with Gasteiger partial charge >= 0.3 is 11.9 Å². The summed E-state index contributed by atoms with van der Waals surface area (Å²) in [5.74, 6) is 0.978. The Morgan fingerprint density at radius 2 is 1.39 bits per heavy atom. The minimum atomic E-state index is -0.541. The van der Waals surface area contributed by atoms with Crippen LogP contribution >= 0.6 is 39.1 Å². The zero-order valence-electron chi connectivity index (χ0n) is 31.4. The number of benzene rings is 2. The third-order valence-electron chi connectivity index (χ3n) is 8.71. The maximum atomic E-state index is 12.2. The van der Waals surface area contributed by atoms with Gasteiger partial charge in [-0.3, -0.25) is 0 Å². The molecule has 300 valence electrons. The molecule has 0 bridgehead atoms. The average Bonchev–Trinajstić information content (AvgIpc) is 3.84. The van der Waals surface area contributed by atoms with Gasteiger partial charge in [-0.25, -0.2) is 28.6 Å². The van der Waals surface area contributed by atoms with Crippen molar-refractivity contribution < 1.29 is 38.4 Å². The summed E-state index contributed by atoms with van der Waals surface area (Å²) >= 11 is 16.2. The molecule has 0 amide bonds. The molecule has 57 heavy (non-hydrogen) atoms. The molecule has 0 spiro atoms. The fourth-order valence-corrected chi connectivity index (χ4v) is 6.97. The summed E-state index contributed by atoms with van der Waals surface area (Å²) in [6.45, 7) is 6.42. The van der Waals surface area contributed by atoms with Gasteiger partial charge < -0.3 is 38.6 Å². The second-order valence-corrected chi connectivity index (χ2v) is 13.7. The van der Waals surface area contributed by atoms with Gasteiger partial charge in [-0.15, -0.1) is 5.10 Å². The fourth-order valence-electron chi connectivity index (χ4n) is 6.08. The van der Waals surface area contributed by atoms with Crippen LogP contribution in [0.5, 0.6) is 17.2 Å². The van der Waals surface area contributed by atoms with E-state index in [0.717, 1.165) is 22.6 Å². The lowest BCUT2D eigenvalue weighted by Crippen LogP contribution is -2.33. The van der Waals surface area contributed by atoms with E-state index in [9.17, 15) is 14.7 Å². The molecule has 0 fully saturated rings. The van der Waals surface area contributed by atoms with Crippen molar-refractivity contribution in [2.24, 2.45) is 0 Å². The summed E-state index contributed by atoms with van der Waals surface area (Å²) in [7, 11) is 3.25. The third-order valence-corrected chi connectivity index (χ3v) is 10.2. The number of anilines is 2. The number of aromatic nitrogens is 6. The van der Waals surface area contributed by atoms with Gasteiger partial charge in [0.1, 0.15) is 29.5 Å². The van der Waals surface area contributed by atoms with Gasteiger partial charge in [-0.05, 0) is 65.2 Å². The van der Waals surface area contributed by atoms with Crippen LogP contribution < -0.4 is 24.0 Å². The number of esters is 2. The zero-order valence-corrected chi connectivity index (χ0v) is 34.5. The molecule has 4 aromatic heterocycles. The number of carbonyl (C=O) groups excluding carboxylic acids is 2. The number of hydrogen-bond donors (Lipinski definition) is 1. The van der Waals surface area contributed by atoms with Crippen LogP contribution in [0.1, 0.15) is 46.0 Å². The van der Waals surface area contributed by atoms with E-state index in [1.807, 2.05) is 53.4 Å². The standard InChI is InChI=1S/C19H20BrClN4O4.C19H19ClN4O4/c1-3-29-19(27)14-10-22-18-16(15(20)17(21)23-25(14)18)24(8-9-26)11-12-4-6-13(28-2)7-5-12;1-3-27-19(25)14-10-21-18-15-16(17(20)22-24(14)18)28-9-8-23(15)11-12-4-6-13(26-2)7-5-12/h4-7,10,26H,3,8-9,11H2,1-2H3;4-7,10H,3,8-9,11H2,1-2H3. The Balaban J connectivity index is 0.000000193. The Bertz CT molecular complexity index is 2360. The molecular weight excluding hydrogens is 847 g/mol. The fraction of sp³-hybridized carbons (Fsp3) is 0.316. The summed E-state index contributed by atoms with van der Waals surface area (Å²) in [6, 6.07) is 15.4. The van der Waals surface area contributed by atoms with Crippen molar-refractivity contribution in [2.75, 3.05) is 63.5 Å². The van der Waals surface area contributed by atoms with Gasteiger partial charge in [-0.1, -0.05) is 47.5 Å². The van der Waals surface area contributed by atoms with Gasteiger partial charge in [0.25, 0.3) is 0 Å². The summed E-state index contributed by atoms with van der Waals surface area (Å²) in [4.78, 5) is 37.2. The molecule has 0 aliphatic carbocycles. The molecule has 7 rings (SSSR count). The number of halogens is 3. The topological polar surface area (TPSA) is 167 Å². The monoisotopic (exact) mass is 884 g/mol. The first-order valence-corrected chi connectivity index (χ1v) is 19.3. The van der Waals surface area contributed by atoms with E-state index in [1.54, 1.807) is 28.1 Å². The number of fused-ring (bicyclic) bond motifs is 4. The van der Waals surface area contributed by atoms with Crippen LogP contribution in [0.2, 0.25) is 10.3 Å². The van der Waals surface area contributed by atoms with E-state index >= 15 is 0 Å². The molecule has 5 heterocycles. The normalized spacial score (nSPS) is 12.0. The van der Waals surface area contributed by atoms with E-state index in [-0.39, 0.29) is 41.5 Å². The van der Waals surface area contributed by atoms with Crippen LogP contribution in [-0.4, -0.2) is 100.0 Å². The number of ether oxygens (including phenoxy) is 5. The Labute approximate surface area is 345 Å². The van der Waals surface area contributed by atoms with Gasteiger partial charge in [-0.2, -0.15) is 5.10 Å². The van der Waals surface area contributed by atoms with Crippen LogP contribution in [0.4, 0.5) is 11.4 Å². The number of hydrogen-bond acceptors (Lipinski definition) is 14. The highest BCUT2D eigenvalue weighted by atomic mass is 79.9. The van der Waals surface area contributed by atoms with Crippen LogP contribution in [0.3, 0.4) is 0 Å². The van der Waals surface area contributed by atoms with Crippen molar-refractivity contribution in [3.63, 3.8) is 0 Å². The molecule has 1 aliphatic rings. The Kier molecular flexibility index (Phi) is 13.6. The van der Waals surface area contributed by atoms with Gasteiger partial charge in [0.15, 0.2) is 38.7 Å². The number of carbonyl (C=O) groups is 2. The van der Waals surface area contributed by atoms with Crippen LogP contribution in [0, 0.1) is 0 Å². The predicted molar refractivity (Wildman–Crippen MR) is 216 cm³/mol. The van der Waals surface area contributed by atoms with Crippen molar-refractivity contribution in [1.82, 2.24) is 29.2 Å². The second-order valence-electron chi connectivity index (χ2n) is 12.2. The first kappa shape index (κ1) is 41.3. The lowest BCUT2D eigenvalue weighted by molar-refractivity contribution is 0.0507. The molecule has 16 nitrogen and oxygen atoms in total. The van der Waals surface area contributed by atoms with Crippen molar-refractivity contribution in [3.05, 3.63) is 98.2 Å². The lowest BCUT2D eigenvalue weighted by atomic mass is 10.2. The first-order chi connectivity index (χ1) is 27.6. The maximum absolute atomic E-state index is 12.2. The molecule has 1 aliphatic heterocycles. The van der Waals surface area contributed by atoms with E-state index in [2.05, 4.69) is 41.0 Å². The van der Waals surface area contributed by atoms with Crippen molar-refractivity contribution in [1.29, 1.82) is 0 Å². The number of rotatable bonds is 13. The minimum absolute atomic E-state index is 0.0832. The molecule has 19 heteroatoms. The first-order valence-electron chi connectivity index (χ1n) is 17.8. The Hall–Kier alpha value is -5.36. The van der Waals surface area contributed by atoms with Gasteiger partial charge in [0.05, 0.1) is 57.5 Å². The zero-order chi connectivity index (χ0) is 40.6. The number of nitrogens with zero attached hydrogens (tertiary/aromatic N) is 8. The molecule has 0 atom stereocenters. The summed E-state index contributed by atoms with van der Waals surface area (Å²) in [6.07, 6.45) is 2.84. The van der Waals surface area contributed by atoms with Gasteiger partial charge in [0.2, 0.25) is 0 Å². The predicted octanol–water partition coefficient (Wildman–Crippen LogP) is 6.30. The van der Waals surface area contributed by atoms with Crippen molar-refractivity contribution >= 4 is 73.7 Å². The van der Waals surface area contributed by atoms with E-state index in [4.69, 9.17) is 46.9 Å². The highest BCUT2D eigenvalue weighted by molar-refractivity contribution is 9.10. The SMILES string of the molecule is CCOC(=O)c1cnc2c(N(CCO)Cc3ccc(OC)cc3)c(Br)c(Cl)nn12.CCOC(=O)c1cnc2c3c(c(Cl)nn12)OCCN3Cc1ccc(OC)cc1. The van der Waals surface area contributed by atoms with E-state index in [1.165, 1.54) is 21.4 Å². The molecular formula is C38H39BrCl2N8O8. The van der Waals surface area contributed by atoms with E-state index in [0.29, 0.717) is 65.7 Å². The van der Waals surface area contributed by atoms with Crippen molar-refractivity contribution in [2.45, 2.75) is 26.9 Å². The van der Waals surface area contributed by atoms with Crippen LogP contribution in [0.25, 0.3) is 11.3 Å². The summed E-state index contributed by atoms with van der Waals surface area (Å²) < 4.78 is 29.6. The maximum Gasteiger partial charge on any atom is 0.358 e. The summed E-state index contributed by atoms with van der Waals surface area (Å²) in [5, 5.41) is 18.5. The molecule has 1 N–H and O–H groups in total. The highest BCUT2D eigenvalue weighted by Crippen LogP contribution is 2.41. The Morgan fingerprint density at radius 3 is 1.95 bits per heavy atom. The lowest BCUT2D eigenvalue weighted by Gasteiger charge is -2.31. The smallest absolute Gasteiger partial charge is 0.358 e. The molecule has 0 saturated carbocycles. The third kappa shape index (κ3) is 8.96. The number of aliphatic hydroxyl groups excluding tert-OH is 1. The van der Waals surface area contributed by atoms with Gasteiger partial charge in [0, 0.05) is 19.6 Å². The largest absolute Gasteiger partial charge is 0.497 e. The molecule has 0 radical (unpaired) electrons. The average molecular weight is 887 g/mol. The molecule has 2 aromatic carbocycles. The van der Waals surface area contributed by atoms with Crippen molar-refractivity contribution in [3.8, 4) is 17.2 Å². The summed E-state index contributed by atoms with van der Waals surface area (Å²) in [5.41, 5.74) is 4.72. The quantitative estimate of drug-likeness (QED) is 0.128. The molecule has 0 unspecified atom stereocenters. The minimum Gasteiger partial charge on any atom is -0.497 e. The van der Waals surface area contributed by atoms with Crippen LogP contribution in [0.15, 0.2) is 65.4 Å².